The maximum Gasteiger partial charge on any atom is 0.123 e. The number of likely N-dealkylation sites (tertiary alicyclic amines) is 1. The summed E-state index contributed by atoms with van der Waals surface area (Å²) in [6, 6.07) is 9.47. The Labute approximate surface area is 146 Å². The van der Waals surface area contributed by atoms with Crippen LogP contribution in [-0.2, 0) is 6.42 Å². The summed E-state index contributed by atoms with van der Waals surface area (Å²) in [6.07, 6.45) is 10.7. The highest BCUT2D eigenvalue weighted by Crippen LogP contribution is 2.41. The molecular weight excluding hydrogens is 317 g/mol. The molecule has 0 bridgehead atoms. The number of rotatable bonds is 1. The summed E-state index contributed by atoms with van der Waals surface area (Å²) in [5.74, 6) is 1.14. The molecule has 1 aromatic rings. The molecule has 4 heteroatoms. The maximum absolute atomic E-state index is 6.34. The molecule has 3 aliphatic rings. The highest BCUT2D eigenvalue weighted by Gasteiger charge is 2.42. The molecule has 1 aliphatic carbocycles. The van der Waals surface area contributed by atoms with Crippen LogP contribution in [0.1, 0.15) is 50.5 Å². The quantitative estimate of drug-likeness (QED) is 0.736. The summed E-state index contributed by atoms with van der Waals surface area (Å²) in [4.78, 5) is 2.75. The third kappa shape index (κ3) is 3.39. The van der Waals surface area contributed by atoms with Crippen LogP contribution >= 0.6 is 24.8 Å². The van der Waals surface area contributed by atoms with Gasteiger partial charge in [0.1, 0.15) is 11.4 Å². The van der Waals surface area contributed by atoms with Gasteiger partial charge >= 0.3 is 0 Å². The molecule has 0 atom stereocenters. The van der Waals surface area contributed by atoms with E-state index in [0.717, 1.165) is 18.2 Å². The Morgan fingerprint density at radius 2 is 1.64 bits per heavy atom. The molecule has 2 heterocycles. The average Bonchev–Trinajstić information content (AvgIpc) is 2.86. The van der Waals surface area contributed by atoms with Crippen LogP contribution in [0.4, 0.5) is 0 Å². The lowest BCUT2D eigenvalue weighted by Gasteiger charge is -2.43. The topological polar surface area (TPSA) is 12.5 Å². The van der Waals surface area contributed by atoms with E-state index in [1.165, 1.54) is 63.6 Å². The van der Waals surface area contributed by atoms with Crippen LogP contribution < -0.4 is 4.74 Å². The Kier molecular flexibility index (Phi) is 6.04. The van der Waals surface area contributed by atoms with Crippen molar-refractivity contribution in [3.63, 3.8) is 0 Å². The zero-order valence-electron chi connectivity index (χ0n) is 13.1. The number of piperidine rings is 1. The van der Waals surface area contributed by atoms with Crippen molar-refractivity contribution < 1.29 is 4.74 Å². The number of para-hydroxylation sites is 1. The number of ether oxygens (including phenoxy) is 1. The van der Waals surface area contributed by atoms with Crippen LogP contribution in [0, 0.1) is 0 Å². The first kappa shape index (κ1) is 17.9. The van der Waals surface area contributed by atoms with Crippen LogP contribution in [0.2, 0.25) is 0 Å². The van der Waals surface area contributed by atoms with Crippen LogP contribution in [0.5, 0.6) is 5.75 Å². The monoisotopic (exact) mass is 343 g/mol. The van der Waals surface area contributed by atoms with Gasteiger partial charge in [-0.15, -0.1) is 24.8 Å². The fourth-order valence-corrected chi connectivity index (χ4v) is 4.39. The molecular formula is C18H27Cl2NO. The lowest BCUT2D eigenvalue weighted by molar-refractivity contribution is -0.0000512. The van der Waals surface area contributed by atoms with Gasteiger partial charge in [0.05, 0.1) is 0 Å². The molecule has 1 saturated carbocycles. The van der Waals surface area contributed by atoms with E-state index in [2.05, 4.69) is 29.2 Å². The zero-order chi connectivity index (χ0) is 13.4. The molecule has 2 aliphatic heterocycles. The fourth-order valence-electron chi connectivity index (χ4n) is 4.39. The standard InChI is InChI=1S/C18H25NO.2ClH/c1-2-7-16(8-3-1)19-12-10-18(11-13-19)14-15-6-4-5-9-17(15)20-18;;/h4-6,9,16H,1-3,7-8,10-14H2;2*1H. The molecule has 0 unspecified atom stereocenters. The first-order valence-electron chi connectivity index (χ1n) is 8.36. The minimum atomic E-state index is 0. The molecule has 1 spiro atoms. The molecule has 22 heavy (non-hydrogen) atoms. The van der Waals surface area contributed by atoms with Crippen LogP contribution in [-0.4, -0.2) is 29.6 Å². The van der Waals surface area contributed by atoms with Gasteiger partial charge in [0, 0.05) is 38.4 Å². The molecule has 0 N–H and O–H groups in total. The third-order valence-electron chi connectivity index (χ3n) is 5.61. The molecule has 1 saturated heterocycles. The molecule has 0 amide bonds. The van der Waals surface area contributed by atoms with Gasteiger partial charge < -0.3 is 9.64 Å². The van der Waals surface area contributed by atoms with Gasteiger partial charge in [0.15, 0.2) is 0 Å². The Bertz CT molecular complexity index is 453. The van der Waals surface area contributed by atoms with Crippen molar-refractivity contribution in [3.05, 3.63) is 29.8 Å². The molecule has 0 aromatic heterocycles. The highest BCUT2D eigenvalue weighted by molar-refractivity contribution is 5.85. The minimum absolute atomic E-state index is 0. The van der Waals surface area contributed by atoms with E-state index in [4.69, 9.17) is 4.74 Å². The summed E-state index contributed by atoms with van der Waals surface area (Å²) >= 11 is 0. The van der Waals surface area contributed by atoms with Gasteiger partial charge in [-0.2, -0.15) is 0 Å². The maximum atomic E-state index is 6.34. The second-order valence-electron chi connectivity index (χ2n) is 6.90. The molecule has 124 valence electrons. The van der Waals surface area contributed by atoms with E-state index in [9.17, 15) is 0 Å². The van der Waals surface area contributed by atoms with Crippen molar-refractivity contribution in [2.75, 3.05) is 13.1 Å². The SMILES string of the molecule is Cl.Cl.c1ccc2c(c1)CC1(CCN(C3CCCCC3)CC1)O2. The van der Waals surface area contributed by atoms with E-state index in [-0.39, 0.29) is 30.4 Å². The molecule has 2 fully saturated rings. The summed E-state index contributed by atoms with van der Waals surface area (Å²) < 4.78 is 6.34. The summed E-state index contributed by atoms with van der Waals surface area (Å²) in [5.41, 5.74) is 1.54. The molecule has 4 rings (SSSR count). The smallest absolute Gasteiger partial charge is 0.123 e. The van der Waals surface area contributed by atoms with Crippen molar-refractivity contribution in [1.82, 2.24) is 4.90 Å². The number of halogens is 2. The number of nitrogens with zero attached hydrogens (tertiary/aromatic N) is 1. The van der Waals surface area contributed by atoms with Gasteiger partial charge in [-0.05, 0) is 24.5 Å². The average molecular weight is 344 g/mol. The number of benzene rings is 1. The van der Waals surface area contributed by atoms with Crippen molar-refractivity contribution in [1.29, 1.82) is 0 Å². The third-order valence-corrected chi connectivity index (χ3v) is 5.61. The number of fused-ring (bicyclic) bond motifs is 1. The van der Waals surface area contributed by atoms with Crippen LogP contribution in [0.15, 0.2) is 24.3 Å². The number of hydrogen-bond acceptors (Lipinski definition) is 2. The summed E-state index contributed by atoms with van der Waals surface area (Å²) in [7, 11) is 0. The second kappa shape index (κ2) is 7.42. The first-order chi connectivity index (χ1) is 9.85. The van der Waals surface area contributed by atoms with Crippen molar-refractivity contribution >= 4 is 24.8 Å². The Balaban J connectivity index is 0.000000882. The predicted molar refractivity (Wildman–Crippen MR) is 95.7 cm³/mol. The predicted octanol–water partition coefficient (Wildman–Crippen LogP) is 4.63. The van der Waals surface area contributed by atoms with Crippen LogP contribution in [0.3, 0.4) is 0 Å². The molecule has 0 radical (unpaired) electrons. The fraction of sp³-hybridized carbons (Fsp3) is 0.667. The summed E-state index contributed by atoms with van der Waals surface area (Å²) in [5, 5.41) is 0. The second-order valence-corrected chi connectivity index (χ2v) is 6.90. The lowest BCUT2D eigenvalue weighted by atomic mass is 9.85. The Morgan fingerprint density at radius 3 is 2.32 bits per heavy atom. The number of hydrogen-bond donors (Lipinski definition) is 0. The van der Waals surface area contributed by atoms with Crippen molar-refractivity contribution in [2.45, 2.75) is 63.0 Å². The zero-order valence-corrected chi connectivity index (χ0v) is 14.8. The van der Waals surface area contributed by atoms with E-state index < -0.39 is 0 Å². The first-order valence-corrected chi connectivity index (χ1v) is 8.36. The minimum Gasteiger partial charge on any atom is -0.487 e. The van der Waals surface area contributed by atoms with Gasteiger partial charge in [0.25, 0.3) is 0 Å². The Morgan fingerprint density at radius 1 is 0.955 bits per heavy atom. The highest BCUT2D eigenvalue weighted by atomic mass is 35.5. The van der Waals surface area contributed by atoms with Gasteiger partial charge in [-0.25, -0.2) is 0 Å². The van der Waals surface area contributed by atoms with Gasteiger partial charge in [-0.3, -0.25) is 0 Å². The normalized spacial score (nSPS) is 24.0. The van der Waals surface area contributed by atoms with Crippen LogP contribution in [0.25, 0.3) is 0 Å². The van der Waals surface area contributed by atoms with E-state index in [1.54, 1.807) is 0 Å². The largest absolute Gasteiger partial charge is 0.487 e. The lowest BCUT2D eigenvalue weighted by Crippen LogP contribution is -2.50. The van der Waals surface area contributed by atoms with E-state index in [1.807, 2.05) is 0 Å². The summed E-state index contributed by atoms with van der Waals surface area (Å²) in [6.45, 7) is 2.47. The van der Waals surface area contributed by atoms with Crippen molar-refractivity contribution in [3.8, 4) is 5.75 Å². The van der Waals surface area contributed by atoms with Gasteiger partial charge in [-0.1, -0.05) is 37.5 Å². The van der Waals surface area contributed by atoms with Crippen molar-refractivity contribution in [2.24, 2.45) is 0 Å². The van der Waals surface area contributed by atoms with Gasteiger partial charge in [0.2, 0.25) is 0 Å². The van der Waals surface area contributed by atoms with E-state index >= 15 is 0 Å². The molecule has 1 aromatic carbocycles. The Hall–Kier alpha value is -0.440. The van der Waals surface area contributed by atoms with E-state index in [0.29, 0.717) is 0 Å². The molecule has 2 nitrogen and oxygen atoms in total.